The van der Waals surface area contributed by atoms with Crippen molar-refractivity contribution < 1.29 is 13.6 Å². The standard InChI is InChI=1S/C11H7F2N3O2/c12-7-2-1-5(3-8(7)13)9-6(10(14)17)4-15-11(18)16-9/h1-4H,(H2,14,17)(H,15,16,18). The van der Waals surface area contributed by atoms with Crippen molar-refractivity contribution in [2.75, 3.05) is 0 Å². The smallest absolute Gasteiger partial charge is 0.345 e. The first-order valence-corrected chi connectivity index (χ1v) is 4.83. The molecule has 0 aliphatic heterocycles. The van der Waals surface area contributed by atoms with E-state index in [2.05, 4.69) is 9.97 Å². The number of aromatic nitrogens is 2. The summed E-state index contributed by atoms with van der Waals surface area (Å²) >= 11 is 0. The monoisotopic (exact) mass is 251 g/mol. The second-order valence-corrected chi connectivity index (χ2v) is 3.47. The minimum Gasteiger partial charge on any atom is -0.365 e. The van der Waals surface area contributed by atoms with Gasteiger partial charge in [-0.1, -0.05) is 0 Å². The Kier molecular flexibility index (Phi) is 2.88. The van der Waals surface area contributed by atoms with Crippen LogP contribution in [0.2, 0.25) is 0 Å². The van der Waals surface area contributed by atoms with Crippen molar-refractivity contribution >= 4 is 5.91 Å². The summed E-state index contributed by atoms with van der Waals surface area (Å²) in [4.78, 5) is 27.9. The molecule has 3 N–H and O–H groups in total. The minimum atomic E-state index is -1.10. The van der Waals surface area contributed by atoms with Gasteiger partial charge in [-0.3, -0.25) is 4.79 Å². The molecule has 0 aliphatic rings. The van der Waals surface area contributed by atoms with Gasteiger partial charge in [0, 0.05) is 11.8 Å². The average Bonchev–Trinajstić information content (AvgIpc) is 2.32. The third kappa shape index (κ3) is 2.10. The van der Waals surface area contributed by atoms with Gasteiger partial charge in [-0.25, -0.2) is 18.6 Å². The van der Waals surface area contributed by atoms with Crippen LogP contribution in [-0.4, -0.2) is 15.9 Å². The van der Waals surface area contributed by atoms with E-state index in [4.69, 9.17) is 5.73 Å². The predicted molar refractivity (Wildman–Crippen MR) is 58.7 cm³/mol. The lowest BCUT2D eigenvalue weighted by molar-refractivity contribution is 0.1000. The maximum absolute atomic E-state index is 13.1. The molecule has 0 bridgehead atoms. The molecule has 0 radical (unpaired) electrons. The Labute approximate surface area is 99.3 Å². The topological polar surface area (TPSA) is 88.8 Å². The first kappa shape index (κ1) is 11.9. The average molecular weight is 251 g/mol. The first-order chi connectivity index (χ1) is 8.49. The van der Waals surface area contributed by atoms with Gasteiger partial charge in [0.05, 0.1) is 11.3 Å². The number of benzene rings is 1. The highest BCUT2D eigenvalue weighted by Gasteiger charge is 2.13. The fourth-order valence-electron chi connectivity index (χ4n) is 1.46. The Balaban J connectivity index is 2.69. The molecule has 0 spiro atoms. The fraction of sp³-hybridized carbons (Fsp3) is 0. The highest BCUT2D eigenvalue weighted by Crippen LogP contribution is 2.21. The molecule has 7 heteroatoms. The van der Waals surface area contributed by atoms with Crippen LogP contribution in [0.3, 0.4) is 0 Å². The number of H-pyrrole nitrogens is 1. The summed E-state index contributed by atoms with van der Waals surface area (Å²) < 4.78 is 25.9. The molecule has 0 fully saturated rings. The van der Waals surface area contributed by atoms with Crippen molar-refractivity contribution in [2.24, 2.45) is 5.73 Å². The van der Waals surface area contributed by atoms with E-state index in [-0.39, 0.29) is 16.8 Å². The van der Waals surface area contributed by atoms with E-state index in [1.165, 1.54) is 6.07 Å². The van der Waals surface area contributed by atoms with E-state index < -0.39 is 23.2 Å². The van der Waals surface area contributed by atoms with Crippen LogP contribution in [0, 0.1) is 11.6 Å². The SMILES string of the molecule is NC(=O)c1cnc(=O)[nH]c1-c1ccc(F)c(F)c1. The lowest BCUT2D eigenvalue weighted by atomic mass is 10.1. The Bertz CT molecular complexity index is 682. The minimum absolute atomic E-state index is 0.00130. The number of hydrogen-bond donors (Lipinski definition) is 2. The van der Waals surface area contributed by atoms with Crippen LogP contribution in [-0.2, 0) is 0 Å². The van der Waals surface area contributed by atoms with Crippen LogP contribution in [0.5, 0.6) is 0 Å². The molecule has 2 rings (SSSR count). The van der Waals surface area contributed by atoms with Gasteiger partial charge >= 0.3 is 5.69 Å². The van der Waals surface area contributed by atoms with Gasteiger partial charge in [-0.2, -0.15) is 0 Å². The number of carbonyl (C=O) groups excluding carboxylic acids is 1. The molecule has 0 unspecified atom stereocenters. The maximum Gasteiger partial charge on any atom is 0.345 e. The maximum atomic E-state index is 13.1. The molecule has 0 aliphatic carbocycles. The van der Waals surface area contributed by atoms with Crippen LogP contribution in [0.1, 0.15) is 10.4 Å². The van der Waals surface area contributed by atoms with Crippen LogP contribution in [0.15, 0.2) is 29.2 Å². The Morgan fingerprint density at radius 2 is 2.00 bits per heavy atom. The van der Waals surface area contributed by atoms with Gasteiger partial charge in [-0.15, -0.1) is 0 Å². The molecule has 5 nitrogen and oxygen atoms in total. The highest BCUT2D eigenvalue weighted by atomic mass is 19.2. The summed E-state index contributed by atoms with van der Waals surface area (Å²) in [5, 5.41) is 0. The molecule has 1 amide bonds. The second-order valence-electron chi connectivity index (χ2n) is 3.47. The van der Waals surface area contributed by atoms with Crippen molar-refractivity contribution in [3.8, 4) is 11.3 Å². The molecular formula is C11H7F2N3O2. The zero-order valence-electron chi connectivity index (χ0n) is 8.91. The van der Waals surface area contributed by atoms with Gasteiger partial charge in [0.1, 0.15) is 0 Å². The number of aromatic amines is 1. The van der Waals surface area contributed by atoms with E-state index in [0.29, 0.717) is 0 Å². The summed E-state index contributed by atoms with van der Waals surface area (Å²) in [5.74, 6) is -2.96. The molecule has 1 aromatic carbocycles. The summed E-state index contributed by atoms with van der Waals surface area (Å²) in [7, 11) is 0. The number of hydrogen-bond acceptors (Lipinski definition) is 3. The zero-order valence-corrected chi connectivity index (χ0v) is 8.91. The van der Waals surface area contributed by atoms with Gasteiger partial charge in [-0.05, 0) is 18.2 Å². The number of nitrogens with zero attached hydrogens (tertiary/aromatic N) is 1. The fourth-order valence-corrected chi connectivity index (χ4v) is 1.46. The number of halogens is 2. The van der Waals surface area contributed by atoms with Crippen LogP contribution in [0.25, 0.3) is 11.3 Å². The van der Waals surface area contributed by atoms with Gasteiger partial charge in [0.25, 0.3) is 5.91 Å². The first-order valence-electron chi connectivity index (χ1n) is 4.83. The molecular weight excluding hydrogens is 244 g/mol. The molecule has 1 heterocycles. The van der Waals surface area contributed by atoms with Crippen molar-refractivity contribution in [3.05, 3.63) is 52.1 Å². The number of nitrogens with two attached hydrogens (primary N) is 1. The summed E-state index contributed by atoms with van der Waals surface area (Å²) in [6.45, 7) is 0. The number of rotatable bonds is 2. The Morgan fingerprint density at radius 3 is 2.61 bits per heavy atom. The molecule has 2 aromatic rings. The molecule has 18 heavy (non-hydrogen) atoms. The molecule has 92 valence electrons. The Morgan fingerprint density at radius 1 is 1.28 bits per heavy atom. The third-order valence-electron chi connectivity index (χ3n) is 2.29. The number of primary amides is 1. The highest BCUT2D eigenvalue weighted by molar-refractivity contribution is 5.98. The van der Waals surface area contributed by atoms with Crippen molar-refractivity contribution in [3.63, 3.8) is 0 Å². The summed E-state index contributed by atoms with van der Waals surface area (Å²) in [6.07, 6.45) is 0.984. The summed E-state index contributed by atoms with van der Waals surface area (Å²) in [6, 6.07) is 2.96. The molecule has 0 saturated heterocycles. The van der Waals surface area contributed by atoms with E-state index in [1.54, 1.807) is 0 Å². The van der Waals surface area contributed by atoms with E-state index in [9.17, 15) is 18.4 Å². The number of nitrogens with one attached hydrogen (secondary N) is 1. The Hall–Kier alpha value is -2.57. The third-order valence-corrected chi connectivity index (χ3v) is 2.29. The van der Waals surface area contributed by atoms with Crippen LogP contribution < -0.4 is 11.4 Å². The quantitative estimate of drug-likeness (QED) is 0.827. The summed E-state index contributed by atoms with van der Waals surface area (Å²) in [5.41, 5.74) is 4.42. The zero-order chi connectivity index (χ0) is 13.3. The largest absolute Gasteiger partial charge is 0.365 e. The van der Waals surface area contributed by atoms with E-state index in [0.717, 1.165) is 18.3 Å². The molecule has 0 atom stereocenters. The molecule has 0 saturated carbocycles. The number of carbonyl (C=O) groups is 1. The van der Waals surface area contributed by atoms with Gasteiger partial charge in [0.15, 0.2) is 11.6 Å². The van der Waals surface area contributed by atoms with Crippen molar-refractivity contribution in [2.45, 2.75) is 0 Å². The lowest BCUT2D eigenvalue weighted by Gasteiger charge is -2.06. The van der Waals surface area contributed by atoms with E-state index in [1.807, 2.05) is 0 Å². The van der Waals surface area contributed by atoms with Crippen LogP contribution >= 0.6 is 0 Å². The van der Waals surface area contributed by atoms with Gasteiger partial charge in [0.2, 0.25) is 0 Å². The normalized spacial score (nSPS) is 10.3. The predicted octanol–water partition coefficient (Wildman–Crippen LogP) is 0.814. The van der Waals surface area contributed by atoms with Crippen molar-refractivity contribution in [1.82, 2.24) is 9.97 Å². The lowest BCUT2D eigenvalue weighted by Crippen LogP contribution is -2.19. The second kappa shape index (κ2) is 4.36. The van der Waals surface area contributed by atoms with Crippen molar-refractivity contribution in [1.29, 1.82) is 0 Å². The van der Waals surface area contributed by atoms with E-state index >= 15 is 0 Å². The molecule has 1 aromatic heterocycles. The van der Waals surface area contributed by atoms with Gasteiger partial charge < -0.3 is 10.7 Å². The number of amides is 1. The van der Waals surface area contributed by atoms with Crippen LogP contribution in [0.4, 0.5) is 8.78 Å².